The Morgan fingerprint density at radius 3 is 2.73 bits per heavy atom. The summed E-state index contributed by atoms with van der Waals surface area (Å²) in [6, 6.07) is 0. The first-order valence-corrected chi connectivity index (χ1v) is 7.74. The molecule has 1 aliphatic rings. The first kappa shape index (κ1) is 18.5. The van der Waals surface area contributed by atoms with Gasteiger partial charge in [-0.15, -0.1) is 0 Å². The number of hydrogen-bond acceptors (Lipinski definition) is 5. The minimum Gasteiger partial charge on any atom is -0.463 e. The Morgan fingerprint density at radius 2 is 2.09 bits per heavy atom. The van der Waals surface area contributed by atoms with Crippen LogP contribution in [0.1, 0.15) is 40.5 Å². The van der Waals surface area contributed by atoms with Gasteiger partial charge in [0.1, 0.15) is 5.60 Å². The molecule has 1 saturated heterocycles. The van der Waals surface area contributed by atoms with Gasteiger partial charge in [0.25, 0.3) is 0 Å². The standard InChI is InChI=1S/C16H27NO5/c1-5-20-14(18)9-7-6-8-13-12-17(10-11-21-13)15(19)22-16(2,3)4/h7,9,13H,5-6,8,10-12H2,1-4H3/b9-7+/t13-/m1/s1. The number of esters is 1. The second-order valence-electron chi connectivity index (χ2n) is 6.15. The number of hydrogen-bond donors (Lipinski definition) is 0. The zero-order valence-corrected chi connectivity index (χ0v) is 14.0. The number of ether oxygens (including phenoxy) is 3. The molecule has 6 heteroatoms. The summed E-state index contributed by atoms with van der Waals surface area (Å²) >= 11 is 0. The Kier molecular flexibility index (Phi) is 7.38. The van der Waals surface area contributed by atoms with Gasteiger partial charge < -0.3 is 19.1 Å². The Labute approximate surface area is 132 Å². The number of allylic oxidation sites excluding steroid dienone is 1. The first-order valence-electron chi connectivity index (χ1n) is 7.74. The zero-order valence-electron chi connectivity index (χ0n) is 14.0. The highest BCUT2D eigenvalue weighted by atomic mass is 16.6. The summed E-state index contributed by atoms with van der Waals surface area (Å²) < 4.78 is 15.8. The fourth-order valence-electron chi connectivity index (χ4n) is 2.04. The Morgan fingerprint density at radius 1 is 1.36 bits per heavy atom. The Bertz CT molecular complexity index is 400. The van der Waals surface area contributed by atoms with E-state index in [1.54, 1.807) is 17.9 Å². The fraction of sp³-hybridized carbons (Fsp3) is 0.750. The van der Waals surface area contributed by atoms with Crippen molar-refractivity contribution in [2.24, 2.45) is 0 Å². The van der Waals surface area contributed by atoms with Crippen molar-refractivity contribution in [3.8, 4) is 0 Å². The molecule has 1 aliphatic heterocycles. The van der Waals surface area contributed by atoms with Gasteiger partial charge in [-0.25, -0.2) is 9.59 Å². The minimum atomic E-state index is -0.493. The predicted molar refractivity (Wildman–Crippen MR) is 82.6 cm³/mol. The van der Waals surface area contributed by atoms with E-state index in [1.807, 2.05) is 20.8 Å². The Balaban J connectivity index is 2.34. The van der Waals surface area contributed by atoms with Crippen molar-refractivity contribution in [3.05, 3.63) is 12.2 Å². The van der Waals surface area contributed by atoms with Crippen molar-refractivity contribution in [2.75, 3.05) is 26.3 Å². The molecule has 1 atom stereocenters. The van der Waals surface area contributed by atoms with E-state index in [2.05, 4.69) is 0 Å². The van der Waals surface area contributed by atoms with Gasteiger partial charge in [0.2, 0.25) is 0 Å². The lowest BCUT2D eigenvalue weighted by molar-refractivity contribution is -0.137. The average molecular weight is 313 g/mol. The van der Waals surface area contributed by atoms with Crippen LogP contribution < -0.4 is 0 Å². The molecule has 6 nitrogen and oxygen atoms in total. The van der Waals surface area contributed by atoms with Crippen LogP contribution in [0, 0.1) is 0 Å². The maximum Gasteiger partial charge on any atom is 0.410 e. The summed E-state index contributed by atoms with van der Waals surface area (Å²) in [6.45, 7) is 9.26. The topological polar surface area (TPSA) is 65.1 Å². The SMILES string of the molecule is CCOC(=O)/C=C/CC[C@@H]1CN(C(=O)OC(C)(C)C)CCO1. The molecule has 0 radical (unpaired) electrons. The third kappa shape index (κ3) is 7.45. The van der Waals surface area contributed by atoms with Crippen LogP contribution in [0.2, 0.25) is 0 Å². The van der Waals surface area contributed by atoms with Crippen LogP contribution in [-0.2, 0) is 19.0 Å². The third-order valence-electron chi connectivity index (χ3n) is 2.99. The molecule has 0 aromatic rings. The van der Waals surface area contributed by atoms with Gasteiger partial charge in [-0.3, -0.25) is 0 Å². The van der Waals surface area contributed by atoms with Crippen LogP contribution in [0.3, 0.4) is 0 Å². The molecular formula is C16H27NO5. The van der Waals surface area contributed by atoms with Crippen LogP contribution in [0.15, 0.2) is 12.2 Å². The molecule has 0 saturated carbocycles. The lowest BCUT2D eigenvalue weighted by atomic mass is 10.1. The number of carbonyl (C=O) groups is 2. The summed E-state index contributed by atoms with van der Waals surface area (Å²) in [5.74, 6) is -0.331. The highest BCUT2D eigenvalue weighted by Gasteiger charge is 2.27. The second kappa shape index (κ2) is 8.78. The predicted octanol–water partition coefficient (Wildman–Crippen LogP) is 2.52. The third-order valence-corrected chi connectivity index (χ3v) is 2.99. The van der Waals surface area contributed by atoms with Crippen molar-refractivity contribution >= 4 is 12.1 Å². The lowest BCUT2D eigenvalue weighted by Gasteiger charge is -2.34. The summed E-state index contributed by atoms with van der Waals surface area (Å²) in [5.41, 5.74) is -0.493. The van der Waals surface area contributed by atoms with Crippen LogP contribution in [0.25, 0.3) is 0 Å². The molecule has 0 bridgehead atoms. The number of carbonyl (C=O) groups excluding carboxylic acids is 2. The normalized spacial score (nSPS) is 19.3. The molecule has 0 aromatic heterocycles. The van der Waals surface area contributed by atoms with E-state index in [-0.39, 0.29) is 18.2 Å². The maximum absolute atomic E-state index is 12.0. The molecule has 0 N–H and O–H groups in total. The van der Waals surface area contributed by atoms with E-state index in [9.17, 15) is 9.59 Å². The van der Waals surface area contributed by atoms with Gasteiger partial charge in [-0.05, 0) is 40.5 Å². The number of nitrogens with zero attached hydrogens (tertiary/aromatic N) is 1. The van der Waals surface area contributed by atoms with Gasteiger partial charge in [-0.1, -0.05) is 6.08 Å². The van der Waals surface area contributed by atoms with E-state index < -0.39 is 5.60 Å². The van der Waals surface area contributed by atoms with Gasteiger partial charge in [0.05, 0.1) is 25.9 Å². The van der Waals surface area contributed by atoms with Crippen molar-refractivity contribution in [3.63, 3.8) is 0 Å². The number of morpholine rings is 1. The molecule has 1 amide bonds. The summed E-state index contributed by atoms with van der Waals surface area (Å²) in [6.07, 6.45) is 4.31. The van der Waals surface area contributed by atoms with Crippen LogP contribution in [0.4, 0.5) is 4.79 Å². The summed E-state index contributed by atoms with van der Waals surface area (Å²) in [5, 5.41) is 0. The van der Waals surface area contributed by atoms with Crippen molar-refractivity contribution in [1.82, 2.24) is 4.90 Å². The monoisotopic (exact) mass is 313 g/mol. The number of amides is 1. The van der Waals surface area contributed by atoms with Crippen LogP contribution in [0.5, 0.6) is 0 Å². The van der Waals surface area contributed by atoms with E-state index in [1.165, 1.54) is 6.08 Å². The smallest absolute Gasteiger partial charge is 0.410 e. The van der Waals surface area contributed by atoms with E-state index in [0.717, 1.165) is 6.42 Å². The van der Waals surface area contributed by atoms with Gasteiger partial charge >= 0.3 is 12.1 Å². The summed E-state index contributed by atoms with van der Waals surface area (Å²) in [4.78, 5) is 24.9. The molecule has 1 rings (SSSR count). The van der Waals surface area contributed by atoms with Gasteiger partial charge in [0, 0.05) is 12.6 Å². The van der Waals surface area contributed by atoms with Crippen molar-refractivity contribution in [1.29, 1.82) is 0 Å². The molecule has 0 aliphatic carbocycles. The Hall–Kier alpha value is -1.56. The maximum atomic E-state index is 12.0. The fourth-order valence-corrected chi connectivity index (χ4v) is 2.04. The van der Waals surface area contributed by atoms with Gasteiger partial charge in [0.15, 0.2) is 0 Å². The lowest BCUT2D eigenvalue weighted by Crippen LogP contribution is -2.47. The molecule has 1 fully saturated rings. The largest absolute Gasteiger partial charge is 0.463 e. The van der Waals surface area contributed by atoms with E-state index in [4.69, 9.17) is 14.2 Å². The molecule has 0 aromatic carbocycles. The molecule has 1 heterocycles. The van der Waals surface area contributed by atoms with E-state index >= 15 is 0 Å². The number of rotatable bonds is 5. The van der Waals surface area contributed by atoms with Crippen molar-refractivity contribution in [2.45, 2.75) is 52.2 Å². The van der Waals surface area contributed by atoms with Crippen LogP contribution in [-0.4, -0.2) is 55.0 Å². The van der Waals surface area contributed by atoms with Gasteiger partial charge in [-0.2, -0.15) is 0 Å². The average Bonchev–Trinajstić information content (AvgIpc) is 2.42. The highest BCUT2D eigenvalue weighted by molar-refractivity contribution is 5.81. The second-order valence-corrected chi connectivity index (χ2v) is 6.15. The molecule has 0 unspecified atom stereocenters. The van der Waals surface area contributed by atoms with Crippen molar-refractivity contribution < 1.29 is 23.8 Å². The molecule has 126 valence electrons. The molecule has 22 heavy (non-hydrogen) atoms. The van der Waals surface area contributed by atoms with E-state index in [0.29, 0.717) is 32.7 Å². The summed E-state index contributed by atoms with van der Waals surface area (Å²) in [7, 11) is 0. The highest BCUT2D eigenvalue weighted by Crippen LogP contribution is 2.15. The quantitative estimate of drug-likeness (QED) is 0.576. The van der Waals surface area contributed by atoms with Crippen LogP contribution >= 0.6 is 0 Å². The minimum absolute atomic E-state index is 0.0342. The molecule has 0 spiro atoms. The molecular weight excluding hydrogens is 286 g/mol. The first-order chi connectivity index (χ1) is 10.3. The zero-order chi connectivity index (χ0) is 16.6.